The highest BCUT2D eigenvalue weighted by atomic mass is 32.2. The Kier molecular flexibility index (Phi) is 7.84. The first-order valence-corrected chi connectivity index (χ1v) is 12.4. The van der Waals surface area contributed by atoms with Crippen molar-refractivity contribution in [3.05, 3.63) is 16.0 Å². The molecule has 30 heavy (non-hydrogen) atoms. The second kappa shape index (κ2) is 10.4. The molecule has 0 spiro atoms. The molecule has 1 aliphatic rings. The Hall–Kier alpha value is -1.98. The summed E-state index contributed by atoms with van der Waals surface area (Å²) in [5.41, 5.74) is 1.52. The van der Waals surface area contributed by atoms with E-state index in [9.17, 15) is 14.4 Å². The average molecular weight is 469 g/mol. The molecule has 8 nitrogen and oxygen atoms in total. The lowest BCUT2D eigenvalue weighted by Gasteiger charge is -2.12. The molecular weight excluding hydrogens is 444 g/mol. The SMILES string of the molecule is CCOC(=O)c1c(NC(=O)CSc2nnc(NC(=O)C(C)C)s2)sc2c1CCCC2. The van der Waals surface area contributed by atoms with E-state index in [1.807, 2.05) is 0 Å². The zero-order chi connectivity index (χ0) is 21.7. The number of ether oxygens (including phenoxy) is 1. The summed E-state index contributed by atoms with van der Waals surface area (Å²) in [6.45, 7) is 5.65. The van der Waals surface area contributed by atoms with E-state index in [0.717, 1.165) is 36.1 Å². The zero-order valence-corrected chi connectivity index (χ0v) is 19.5. The third kappa shape index (κ3) is 5.58. The summed E-state index contributed by atoms with van der Waals surface area (Å²) in [5, 5.41) is 14.5. The van der Waals surface area contributed by atoms with Crippen LogP contribution in [0.5, 0.6) is 0 Å². The molecule has 2 N–H and O–H groups in total. The van der Waals surface area contributed by atoms with Crippen molar-refractivity contribution in [2.75, 3.05) is 23.0 Å². The van der Waals surface area contributed by atoms with Gasteiger partial charge < -0.3 is 15.4 Å². The number of anilines is 2. The number of hydrogen-bond donors (Lipinski definition) is 2. The maximum Gasteiger partial charge on any atom is 0.341 e. The van der Waals surface area contributed by atoms with E-state index >= 15 is 0 Å². The highest BCUT2D eigenvalue weighted by Crippen LogP contribution is 2.38. The maximum atomic E-state index is 12.5. The number of carbonyl (C=O) groups is 3. The van der Waals surface area contributed by atoms with Crippen molar-refractivity contribution in [3.8, 4) is 0 Å². The van der Waals surface area contributed by atoms with Gasteiger partial charge in [-0.05, 0) is 38.2 Å². The Bertz CT molecular complexity index is 938. The summed E-state index contributed by atoms with van der Waals surface area (Å²) >= 11 is 3.92. The predicted octanol–water partition coefficient (Wildman–Crippen LogP) is 3.98. The van der Waals surface area contributed by atoms with Gasteiger partial charge in [0.2, 0.25) is 16.9 Å². The summed E-state index contributed by atoms with van der Waals surface area (Å²) in [6, 6.07) is 0. The normalized spacial score (nSPS) is 13.1. The van der Waals surface area contributed by atoms with Gasteiger partial charge in [-0.3, -0.25) is 9.59 Å². The quantitative estimate of drug-likeness (QED) is 0.342. The maximum absolute atomic E-state index is 12.5. The van der Waals surface area contributed by atoms with Gasteiger partial charge in [0.15, 0.2) is 4.34 Å². The minimum absolute atomic E-state index is 0.123. The van der Waals surface area contributed by atoms with E-state index in [1.54, 1.807) is 20.8 Å². The number of aryl methyl sites for hydroxylation is 1. The van der Waals surface area contributed by atoms with E-state index < -0.39 is 0 Å². The van der Waals surface area contributed by atoms with E-state index in [2.05, 4.69) is 20.8 Å². The van der Waals surface area contributed by atoms with Crippen LogP contribution >= 0.6 is 34.4 Å². The molecule has 1 aliphatic carbocycles. The van der Waals surface area contributed by atoms with Crippen molar-refractivity contribution >= 4 is 62.4 Å². The minimum atomic E-state index is -0.380. The Balaban J connectivity index is 1.63. The Morgan fingerprint density at radius 3 is 2.63 bits per heavy atom. The van der Waals surface area contributed by atoms with Crippen LogP contribution in [0.3, 0.4) is 0 Å². The molecule has 2 amide bonds. The van der Waals surface area contributed by atoms with E-state index in [0.29, 0.717) is 26.6 Å². The number of hydrogen-bond acceptors (Lipinski definition) is 9. The van der Waals surface area contributed by atoms with Gasteiger partial charge >= 0.3 is 5.97 Å². The molecule has 0 atom stereocenters. The van der Waals surface area contributed by atoms with Gasteiger partial charge in [0, 0.05) is 10.8 Å². The summed E-state index contributed by atoms with van der Waals surface area (Å²) in [4.78, 5) is 37.9. The number of rotatable bonds is 8. The molecule has 0 aromatic carbocycles. The van der Waals surface area contributed by atoms with Gasteiger partial charge in [-0.1, -0.05) is 36.9 Å². The van der Waals surface area contributed by atoms with Gasteiger partial charge in [-0.25, -0.2) is 4.79 Å². The van der Waals surface area contributed by atoms with Crippen molar-refractivity contribution in [2.24, 2.45) is 5.92 Å². The zero-order valence-electron chi connectivity index (χ0n) is 17.1. The molecule has 0 saturated heterocycles. The number of nitrogens with one attached hydrogen (secondary N) is 2. The molecule has 162 valence electrons. The number of nitrogens with zero attached hydrogens (tertiary/aromatic N) is 2. The van der Waals surface area contributed by atoms with Crippen molar-refractivity contribution in [3.63, 3.8) is 0 Å². The lowest BCUT2D eigenvalue weighted by atomic mass is 9.95. The van der Waals surface area contributed by atoms with Crippen molar-refractivity contribution in [2.45, 2.75) is 50.8 Å². The van der Waals surface area contributed by atoms with Crippen LogP contribution in [0, 0.1) is 5.92 Å². The molecular formula is C19H24N4O4S3. The topological polar surface area (TPSA) is 110 Å². The number of thioether (sulfide) groups is 1. The molecule has 3 rings (SSSR count). The summed E-state index contributed by atoms with van der Waals surface area (Å²) < 4.78 is 5.80. The van der Waals surface area contributed by atoms with Gasteiger partial charge in [-0.15, -0.1) is 21.5 Å². The molecule has 0 unspecified atom stereocenters. The van der Waals surface area contributed by atoms with E-state index in [1.165, 1.54) is 34.4 Å². The first-order chi connectivity index (χ1) is 14.4. The number of thiophene rings is 1. The summed E-state index contributed by atoms with van der Waals surface area (Å²) in [5.74, 6) is -0.770. The first-order valence-electron chi connectivity index (χ1n) is 9.77. The second-order valence-corrected chi connectivity index (χ2v) is 10.3. The number of carbonyl (C=O) groups excluding carboxylic acids is 3. The molecule has 0 saturated carbocycles. The number of esters is 1. The first kappa shape index (κ1) is 22.7. The molecule has 0 radical (unpaired) electrons. The third-order valence-electron chi connectivity index (χ3n) is 4.39. The van der Waals surface area contributed by atoms with Gasteiger partial charge in [-0.2, -0.15) is 0 Å². The summed E-state index contributed by atoms with van der Waals surface area (Å²) in [7, 11) is 0. The highest BCUT2D eigenvalue weighted by Gasteiger charge is 2.27. The predicted molar refractivity (Wildman–Crippen MR) is 120 cm³/mol. The van der Waals surface area contributed by atoms with Crippen LogP contribution in [0.4, 0.5) is 10.1 Å². The molecule has 0 aliphatic heterocycles. The monoisotopic (exact) mass is 468 g/mol. The van der Waals surface area contributed by atoms with Crippen LogP contribution in [0.15, 0.2) is 4.34 Å². The van der Waals surface area contributed by atoms with Gasteiger partial charge in [0.1, 0.15) is 5.00 Å². The highest BCUT2D eigenvalue weighted by molar-refractivity contribution is 8.01. The van der Waals surface area contributed by atoms with Crippen LogP contribution in [-0.4, -0.2) is 40.3 Å². The van der Waals surface area contributed by atoms with Gasteiger partial charge in [0.25, 0.3) is 0 Å². The lowest BCUT2D eigenvalue weighted by molar-refractivity contribution is -0.119. The fourth-order valence-electron chi connectivity index (χ4n) is 2.93. The standard InChI is InChI=1S/C19H24N4O4S3/c1-4-27-17(26)14-11-7-5-6-8-12(11)29-16(14)20-13(24)9-28-19-23-22-18(30-19)21-15(25)10(2)3/h10H,4-9H2,1-3H3,(H,20,24)(H,21,22,25). The fourth-order valence-corrected chi connectivity index (χ4v) is 5.78. The van der Waals surface area contributed by atoms with Crippen molar-refractivity contribution < 1.29 is 19.1 Å². The summed E-state index contributed by atoms with van der Waals surface area (Å²) in [6.07, 6.45) is 3.88. The smallest absolute Gasteiger partial charge is 0.341 e. The van der Waals surface area contributed by atoms with Crippen LogP contribution in [0.1, 0.15) is 54.4 Å². The van der Waals surface area contributed by atoms with E-state index in [-0.39, 0.29) is 29.5 Å². The van der Waals surface area contributed by atoms with Crippen LogP contribution in [0.2, 0.25) is 0 Å². The van der Waals surface area contributed by atoms with Crippen LogP contribution in [-0.2, 0) is 27.2 Å². The Morgan fingerprint density at radius 1 is 1.13 bits per heavy atom. The Morgan fingerprint density at radius 2 is 1.90 bits per heavy atom. The molecule has 2 aromatic rings. The van der Waals surface area contributed by atoms with Crippen LogP contribution in [0.25, 0.3) is 0 Å². The molecule has 2 aromatic heterocycles. The third-order valence-corrected chi connectivity index (χ3v) is 7.57. The number of fused-ring (bicyclic) bond motifs is 1. The molecule has 0 fully saturated rings. The van der Waals surface area contributed by atoms with Crippen molar-refractivity contribution in [1.29, 1.82) is 0 Å². The Labute approximate surface area is 187 Å². The minimum Gasteiger partial charge on any atom is -0.462 e. The largest absolute Gasteiger partial charge is 0.462 e. The lowest BCUT2D eigenvalue weighted by Crippen LogP contribution is -2.17. The van der Waals surface area contributed by atoms with Crippen molar-refractivity contribution in [1.82, 2.24) is 10.2 Å². The fraction of sp³-hybridized carbons (Fsp3) is 0.526. The van der Waals surface area contributed by atoms with E-state index in [4.69, 9.17) is 4.74 Å². The molecule has 0 bridgehead atoms. The number of aromatic nitrogens is 2. The van der Waals surface area contributed by atoms with Gasteiger partial charge in [0.05, 0.1) is 17.9 Å². The average Bonchev–Trinajstić information content (AvgIpc) is 3.30. The second-order valence-electron chi connectivity index (χ2n) is 6.99. The molecule has 11 heteroatoms. The van der Waals surface area contributed by atoms with Crippen LogP contribution < -0.4 is 10.6 Å². The number of amides is 2. The molecule has 2 heterocycles.